The minimum Gasteiger partial charge on any atom is -0.466 e. The molecule has 9 heteroatoms. The fourth-order valence-electron chi connectivity index (χ4n) is 5.84. The van der Waals surface area contributed by atoms with Crippen LogP contribution in [-0.4, -0.2) is 43.8 Å². The maximum Gasteiger partial charge on any atom is 0.311 e. The number of pyridine rings is 1. The minimum absolute atomic E-state index is 0.0301. The van der Waals surface area contributed by atoms with Crippen molar-refractivity contribution in [2.24, 2.45) is 17.8 Å². The molecule has 0 radical (unpaired) electrons. The highest BCUT2D eigenvalue weighted by molar-refractivity contribution is 6.31. The molecule has 0 aliphatic heterocycles. The Bertz CT molecular complexity index is 1400. The lowest BCUT2D eigenvalue weighted by molar-refractivity contribution is -0.154. The number of anilines is 1. The zero-order valence-electron chi connectivity index (χ0n) is 19.9. The van der Waals surface area contributed by atoms with Crippen molar-refractivity contribution >= 4 is 34.4 Å². The van der Waals surface area contributed by atoms with Gasteiger partial charge in [-0.2, -0.15) is 5.10 Å². The number of ether oxygens (including phenoxy) is 1. The van der Waals surface area contributed by atoms with E-state index in [2.05, 4.69) is 20.5 Å². The van der Waals surface area contributed by atoms with Gasteiger partial charge in [-0.25, -0.2) is 15.0 Å². The molecule has 3 aliphatic carbocycles. The molecule has 2 N–H and O–H groups in total. The van der Waals surface area contributed by atoms with Crippen LogP contribution in [0.1, 0.15) is 32.6 Å². The fraction of sp³-hybridized carbons (Fsp3) is 0.370. The lowest BCUT2D eigenvalue weighted by Gasteiger charge is -2.47. The number of aromatic nitrogens is 5. The summed E-state index contributed by atoms with van der Waals surface area (Å²) in [6.07, 6.45) is 5.93. The molecule has 0 spiro atoms. The first-order valence-electron chi connectivity index (χ1n) is 12.5. The first-order valence-corrected chi connectivity index (χ1v) is 12.9. The zero-order chi connectivity index (χ0) is 24.6. The third kappa shape index (κ3) is 4.19. The van der Waals surface area contributed by atoms with Crippen molar-refractivity contribution in [3.05, 3.63) is 53.7 Å². The van der Waals surface area contributed by atoms with Gasteiger partial charge in [0.15, 0.2) is 11.5 Å². The summed E-state index contributed by atoms with van der Waals surface area (Å²) in [5.74, 6) is 1.61. The molecule has 3 heterocycles. The second-order valence-electron chi connectivity index (χ2n) is 9.57. The second-order valence-corrected chi connectivity index (χ2v) is 10.0. The van der Waals surface area contributed by atoms with Crippen LogP contribution in [-0.2, 0) is 9.53 Å². The van der Waals surface area contributed by atoms with Crippen LogP contribution in [0.2, 0.25) is 5.02 Å². The van der Waals surface area contributed by atoms with E-state index in [0.29, 0.717) is 46.4 Å². The Morgan fingerprint density at radius 1 is 1.11 bits per heavy atom. The summed E-state index contributed by atoms with van der Waals surface area (Å²) in [6, 6.07) is 13.7. The number of nitrogens with one attached hydrogen (secondary N) is 2. The van der Waals surface area contributed by atoms with Gasteiger partial charge < -0.3 is 10.1 Å². The van der Waals surface area contributed by atoms with E-state index in [-0.39, 0.29) is 17.9 Å². The third-order valence-corrected chi connectivity index (χ3v) is 7.69. The van der Waals surface area contributed by atoms with Crippen LogP contribution in [0, 0.1) is 17.8 Å². The van der Waals surface area contributed by atoms with E-state index >= 15 is 0 Å². The molecular formula is C27H27ClN6O2. The summed E-state index contributed by atoms with van der Waals surface area (Å²) in [6.45, 7) is 2.25. The van der Waals surface area contributed by atoms with Crippen LogP contribution in [0.15, 0.2) is 48.7 Å². The van der Waals surface area contributed by atoms with Crippen molar-refractivity contribution in [3.8, 4) is 22.8 Å². The number of rotatable bonds is 6. The molecule has 0 unspecified atom stereocenters. The Morgan fingerprint density at radius 3 is 2.67 bits per heavy atom. The Morgan fingerprint density at radius 2 is 1.89 bits per heavy atom. The lowest BCUT2D eigenvalue weighted by atomic mass is 9.61. The average Bonchev–Trinajstić information content (AvgIpc) is 3.33. The molecule has 3 fully saturated rings. The van der Waals surface area contributed by atoms with Gasteiger partial charge in [-0.3, -0.25) is 9.89 Å². The predicted octanol–water partition coefficient (Wildman–Crippen LogP) is 5.52. The van der Waals surface area contributed by atoms with Gasteiger partial charge in [0.25, 0.3) is 0 Å². The standard InChI is InChI=1S/C27H27ClN6O2/c1-2-36-27(35)22-16-8-10-17(11-9-16)23(22)31-21-13-20(15-6-4-3-5-7-15)30-26(32-21)24-19-12-18(28)14-29-25(19)34-33-24/h3-7,12-14,16-17,22-23H,2,8-11H2,1H3,(H,29,33,34)(H,30,31,32)/t16?,17?,22-,23-/m0/s1. The van der Waals surface area contributed by atoms with Crippen LogP contribution < -0.4 is 5.32 Å². The van der Waals surface area contributed by atoms with Crippen LogP contribution in [0.3, 0.4) is 0 Å². The molecule has 4 aromatic rings. The largest absolute Gasteiger partial charge is 0.466 e. The monoisotopic (exact) mass is 502 g/mol. The number of fused-ring (bicyclic) bond motifs is 4. The molecule has 1 aromatic carbocycles. The van der Waals surface area contributed by atoms with Crippen molar-refractivity contribution < 1.29 is 9.53 Å². The summed E-state index contributed by atoms with van der Waals surface area (Å²) in [7, 11) is 0. The smallest absolute Gasteiger partial charge is 0.311 e. The number of H-pyrrole nitrogens is 1. The predicted molar refractivity (Wildman–Crippen MR) is 138 cm³/mol. The van der Waals surface area contributed by atoms with Gasteiger partial charge in [-0.15, -0.1) is 0 Å². The van der Waals surface area contributed by atoms with Gasteiger partial charge in [0.05, 0.1) is 28.6 Å². The van der Waals surface area contributed by atoms with Crippen molar-refractivity contribution in [3.63, 3.8) is 0 Å². The van der Waals surface area contributed by atoms with E-state index < -0.39 is 0 Å². The summed E-state index contributed by atoms with van der Waals surface area (Å²) in [5, 5.41) is 12.3. The maximum atomic E-state index is 13.0. The van der Waals surface area contributed by atoms with Crippen LogP contribution in [0.25, 0.3) is 33.8 Å². The van der Waals surface area contributed by atoms with E-state index in [4.69, 9.17) is 26.3 Å². The van der Waals surface area contributed by atoms with E-state index in [1.807, 2.05) is 49.4 Å². The third-order valence-electron chi connectivity index (χ3n) is 7.49. The highest BCUT2D eigenvalue weighted by atomic mass is 35.5. The highest BCUT2D eigenvalue weighted by Gasteiger charge is 2.48. The van der Waals surface area contributed by atoms with E-state index in [9.17, 15) is 4.79 Å². The SMILES string of the molecule is CCOC(=O)[C@H]1C2CCC(CC2)[C@@H]1Nc1cc(-c2ccccc2)nc(-c2[nH]nc3ncc(Cl)cc23)n1. The summed E-state index contributed by atoms with van der Waals surface area (Å²) in [5.41, 5.74) is 2.93. The van der Waals surface area contributed by atoms with Gasteiger partial charge in [-0.1, -0.05) is 41.9 Å². The van der Waals surface area contributed by atoms with Gasteiger partial charge in [0.2, 0.25) is 0 Å². The molecule has 2 atom stereocenters. The van der Waals surface area contributed by atoms with Gasteiger partial charge in [0.1, 0.15) is 11.5 Å². The average molecular weight is 503 g/mol. The number of esters is 1. The minimum atomic E-state index is -0.174. The molecule has 184 valence electrons. The highest BCUT2D eigenvalue weighted by Crippen LogP contribution is 2.47. The number of benzene rings is 1. The van der Waals surface area contributed by atoms with Gasteiger partial charge in [0, 0.05) is 23.9 Å². The molecule has 8 nitrogen and oxygen atoms in total. The van der Waals surface area contributed by atoms with Gasteiger partial charge >= 0.3 is 5.97 Å². The van der Waals surface area contributed by atoms with E-state index in [0.717, 1.165) is 42.3 Å². The van der Waals surface area contributed by atoms with Crippen molar-refractivity contribution in [1.82, 2.24) is 25.1 Å². The Kier molecular flexibility index (Phi) is 6.05. The molecule has 3 saturated carbocycles. The molecule has 0 saturated heterocycles. The number of aromatic amines is 1. The normalized spacial score (nSPS) is 23.1. The number of hydrogen-bond acceptors (Lipinski definition) is 7. The Hall–Kier alpha value is -3.52. The van der Waals surface area contributed by atoms with Crippen LogP contribution in [0.4, 0.5) is 5.82 Å². The summed E-state index contributed by atoms with van der Waals surface area (Å²) >= 11 is 6.23. The van der Waals surface area contributed by atoms with E-state index in [1.165, 1.54) is 0 Å². The second kappa shape index (κ2) is 9.50. The van der Waals surface area contributed by atoms with Crippen molar-refractivity contribution in [2.45, 2.75) is 38.6 Å². The topological polar surface area (TPSA) is 106 Å². The number of hydrogen-bond donors (Lipinski definition) is 2. The molecule has 3 aromatic heterocycles. The number of carbonyl (C=O) groups is 1. The van der Waals surface area contributed by atoms with Crippen LogP contribution >= 0.6 is 11.6 Å². The van der Waals surface area contributed by atoms with Crippen molar-refractivity contribution in [2.75, 3.05) is 11.9 Å². The number of halogens is 1. The summed E-state index contributed by atoms with van der Waals surface area (Å²) < 4.78 is 5.49. The fourth-order valence-corrected chi connectivity index (χ4v) is 6.00. The number of carbonyl (C=O) groups excluding carboxylic acids is 1. The quantitative estimate of drug-likeness (QED) is 0.334. The molecule has 7 rings (SSSR count). The van der Waals surface area contributed by atoms with E-state index in [1.54, 1.807) is 6.20 Å². The maximum absolute atomic E-state index is 13.0. The Labute approximate surface area is 213 Å². The summed E-state index contributed by atoms with van der Waals surface area (Å²) in [4.78, 5) is 27.0. The molecule has 2 bridgehead atoms. The lowest BCUT2D eigenvalue weighted by Crippen LogP contribution is -2.52. The Balaban J connectivity index is 1.43. The zero-order valence-corrected chi connectivity index (χ0v) is 20.7. The molecule has 3 aliphatic rings. The molecular weight excluding hydrogens is 476 g/mol. The molecule has 0 amide bonds. The number of nitrogens with zero attached hydrogens (tertiary/aromatic N) is 4. The van der Waals surface area contributed by atoms with Crippen LogP contribution in [0.5, 0.6) is 0 Å². The van der Waals surface area contributed by atoms with Gasteiger partial charge in [-0.05, 0) is 50.5 Å². The first kappa shape index (κ1) is 22.9. The van der Waals surface area contributed by atoms with Crippen molar-refractivity contribution in [1.29, 1.82) is 0 Å². The first-order chi connectivity index (χ1) is 17.6. The molecule has 36 heavy (non-hydrogen) atoms.